The van der Waals surface area contributed by atoms with Gasteiger partial charge in [-0.25, -0.2) is 9.18 Å². The number of rotatable bonds is 4. The van der Waals surface area contributed by atoms with E-state index >= 15 is 0 Å². The third-order valence-electron chi connectivity index (χ3n) is 5.30. The lowest BCUT2D eigenvalue weighted by atomic mass is 9.76. The molecule has 2 fully saturated rings. The fraction of sp³-hybridized carbons (Fsp3) is 0.588. The van der Waals surface area contributed by atoms with E-state index in [2.05, 4.69) is 13.8 Å². The molecule has 0 amide bonds. The monoisotopic (exact) mass is 292 g/mol. The molecule has 0 saturated heterocycles. The Labute approximate surface area is 124 Å². The van der Waals surface area contributed by atoms with Crippen molar-refractivity contribution in [2.24, 2.45) is 17.8 Å². The summed E-state index contributed by atoms with van der Waals surface area (Å²) in [6, 6.07) is 3.77. The Morgan fingerprint density at radius 3 is 2.71 bits per heavy atom. The van der Waals surface area contributed by atoms with Gasteiger partial charge in [0.05, 0.1) is 5.56 Å². The second-order valence-corrected chi connectivity index (χ2v) is 6.74. The zero-order valence-electron chi connectivity index (χ0n) is 12.4. The molecule has 3 atom stereocenters. The first-order chi connectivity index (χ1) is 9.92. The number of aromatic carboxylic acids is 1. The largest absolute Gasteiger partial charge is 0.484 e. The number of halogens is 1. The molecule has 0 spiro atoms. The van der Waals surface area contributed by atoms with E-state index in [4.69, 9.17) is 9.84 Å². The summed E-state index contributed by atoms with van der Waals surface area (Å²) in [6.45, 7) is 4.22. The Bertz CT molecular complexity index is 569. The highest BCUT2D eigenvalue weighted by Gasteiger charge is 2.54. The highest BCUT2D eigenvalue weighted by molar-refractivity contribution is 5.88. The van der Waals surface area contributed by atoms with Crippen LogP contribution in [0.2, 0.25) is 0 Å². The van der Waals surface area contributed by atoms with E-state index in [1.165, 1.54) is 24.6 Å². The molecule has 2 bridgehead atoms. The smallest absolute Gasteiger partial charge is 0.335 e. The highest BCUT2D eigenvalue weighted by atomic mass is 19.1. The molecule has 3 unspecified atom stereocenters. The number of benzene rings is 1. The molecule has 3 nitrogen and oxygen atoms in total. The van der Waals surface area contributed by atoms with Crippen LogP contribution in [0.1, 0.15) is 49.9 Å². The molecule has 1 aromatic carbocycles. The fourth-order valence-corrected chi connectivity index (χ4v) is 4.19. The van der Waals surface area contributed by atoms with Crippen molar-refractivity contribution >= 4 is 5.97 Å². The molecule has 0 heterocycles. The Morgan fingerprint density at radius 2 is 2.19 bits per heavy atom. The number of carbonyl (C=O) groups is 1. The van der Waals surface area contributed by atoms with Crippen molar-refractivity contribution < 1.29 is 19.0 Å². The Balaban J connectivity index is 1.94. The maximum atomic E-state index is 14.0. The molecule has 2 aliphatic rings. The van der Waals surface area contributed by atoms with Gasteiger partial charge in [0.1, 0.15) is 5.60 Å². The average Bonchev–Trinajstić information content (AvgIpc) is 3.02. The van der Waals surface area contributed by atoms with Crippen LogP contribution in [0.5, 0.6) is 5.75 Å². The van der Waals surface area contributed by atoms with Crippen molar-refractivity contribution in [2.75, 3.05) is 0 Å². The standard InChI is InChI=1S/C17H21FO3/c1-10(2)17(9-11-3-5-13(17)7-11)21-15-8-12(16(19)20)4-6-14(15)18/h4,6,8,10-11,13H,3,5,7,9H2,1-2H3,(H,19,20). The zero-order chi connectivity index (χ0) is 15.2. The zero-order valence-corrected chi connectivity index (χ0v) is 12.4. The number of hydrogen-bond acceptors (Lipinski definition) is 2. The lowest BCUT2D eigenvalue weighted by molar-refractivity contribution is -0.0310. The van der Waals surface area contributed by atoms with Gasteiger partial charge in [-0.1, -0.05) is 13.8 Å². The summed E-state index contributed by atoms with van der Waals surface area (Å²) < 4.78 is 20.2. The molecule has 2 aliphatic carbocycles. The Kier molecular flexibility index (Phi) is 3.42. The minimum atomic E-state index is -1.06. The lowest BCUT2D eigenvalue weighted by Gasteiger charge is -2.41. The minimum absolute atomic E-state index is 0.0634. The van der Waals surface area contributed by atoms with E-state index in [9.17, 15) is 9.18 Å². The van der Waals surface area contributed by atoms with Crippen LogP contribution in [0.4, 0.5) is 4.39 Å². The lowest BCUT2D eigenvalue weighted by Crippen LogP contribution is -2.46. The molecule has 2 saturated carbocycles. The van der Waals surface area contributed by atoms with Crippen molar-refractivity contribution in [2.45, 2.75) is 45.1 Å². The van der Waals surface area contributed by atoms with E-state index in [0.29, 0.717) is 11.8 Å². The summed E-state index contributed by atoms with van der Waals surface area (Å²) in [6.07, 6.45) is 4.47. The van der Waals surface area contributed by atoms with Crippen LogP contribution in [0, 0.1) is 23.6 Å². The second-order valence-electron chi connectivity index (χ2n) is 6.74. The predicted octanol–water partition coefficient (Wildman–Crippen LogP) is 4.12. The van der Waals surface area contributed by atoms with E-state index in [-0.39, 0.29) is 22.8 Å². The topological polar surface area (TPSA) is 46.5 Å². The molecule has 4 heteroatoms. The van der Waals surface area contributed by atoms with Crippen molar-refractivity contribution in [1.82, 2.24) is 0 Å². The Hall–Kier alpha value is -1.58. The maximum Gasteiger partial charge on any atom is 0.335 e. The first-order valence-corrected chi connectivity index (χ1v) is 7.64. The second kappa shape index (κ2) is 5.00. The maximum absolute atomic E-state index is 14.0. The molecule has 21 heavy (non-hydrogen) atoms. The third-order valence-corrected chi connectivity index (χ3v) is 5.30. The SMILES string of the molecule is CC(C)C1(Oc2cc(C(=O)O)ccc2F)CC2CCC1C2. The van der Waals surface area contributed by atoms with Crippen LogP contribution in [0.3, 0.4) is 0 Å². The summed E-state index contributed by atoms with van der Waals surface area (Å²) in [7, 11) is 0. The van der Waals surface area contributed by atoms with Crippen molar-refractivity contribution in [3.63, 3.8) is 0 Å². The average molecular weight is 292 g/mol. The van der Waals surface area contributed by atoms with Crippen molar-refractivity contribution in [3.8, 4) is 5.75 Å². The molecule has 1 aromatic rings. The molecule has 114 valence electrons. The number of ether oxygens (including phenoxy) is 1. The first kappa shape index (κ1) is 14.4. The van der Waals surface area contributed by atoms with Crippen LogP contribution < -0.4 is 4.74 Å². The molecule has 0 aromatic heterocycles. The fourth-order valence-electron chi connectivity index (χ4n) is 4.19. The van der Waals surface area contributed by atoms with Crippen LogP contribution in [0.15, 0.2) is 18.2 Å². The van der Waals surface area contributed by atoms with Crippen LogP contribution in [-0.4, -0.2) is 16.7 Å². The van der Waals surface area contributed by atoms with Gasteiger partial charge >= 0.3 is 5.97 Å². The number of hydrogen-bond donors (Lipinski definition) is 1. The summed E-state index contributed by atoms with van der Waals surface area (Å²) in [5.74, 6) is -0.0653. The molecular formula is C17H21FO3. The van der Waals surface area contributed by atoms with Crippen molar-refractivity contribution in [1.29, 1.82) is 0 Å². The predicted molar refractivity (Wildman–Crippen MR) is 77.0 cm³/mol. The highest BCUT2D eigenvalue weighted by Crippen LogP contribution is 2.55. The third kappa shape index (κ3) is 2.30. The van der Waals surface area contributed by atoms with E-state index in [1.54, 1.807) is 0 Å². The Morgan fingerprint density at radius 1 is 1.43 bits per heavy atom. The summed E-state index contributed by atoms with van der Waals surface area (Å²) in [5, 5.41) is 9.06. The number of carboxylic acids is 1. The quantitative estimate of drug-likeness (QED) is 0.908. The van der Waals surface area contributed by atoms with Crippen LogP contribution in [0.25, 0.3) is 0 Å². The summed E-state index contributed by atoms with van der Waals surface area (Å²) in [5.41, 5.74) is -0.283. The van der Waals surface area contributed by atoms with E-state index < -0.39 is 11.8 Å². The van der Waals surface area contributed by atoms with Crippen LogP contribution >= 0.6 is 0 Å². The molecule has 0 aliphatic heterocycles. The van der Waals surface area contributed by atoms with Gasteiger partial charge in [0.2, 0.25) is 0 Å². The minimum Gasteiger partial charge on any atom is -0.484 e. The number of carboxylic acid groups (broad SMARTS) is 1. The van der Waals surface area contributed by atoms with Gasteiger partial charge in [0, 0.05) is 0 Å². The van der Waals surface area contributed by atoms with E-state index in [1.807, 2.05) is 0 Å². The van der Waals surface area contributed by atoms with Gasteiger partial charge in [-0.05, 0) is 61.6 Å². The molecule has 3 rings (SSSR count). The summed E-state index contributed by atoms with van der Waals surface area (Å²) in [4.78, 5) is 11.1. The summed E-state index contributed by atoms with van der Waals surface area (Å²) >= 11 is 0. The van der Waals surface area contributed by atoms with Gasteiger partial charge in [0.25, 0.3) is 0 Å². The van der Waals surface area contributed by atoms with Gasteiger partial charge in [-0.2, -0.15) is 0 Å². The molecule has 1 N–H and O–H groups in total. The normalized spacial score (nSPS) is 30.9. The van der Waals surface area contributed by atoms with Gasteiger partial charge in [0.15, 0.2) is 11.6 Å². The van der Waals surface area contributed by atoms with Crippen molar-refractivity contribution in [3.05, 3.63) is 29.6 Å². The van der Waals surface area contributed by atoms with E-state index in [0.717, 1.165) is 19.3 Å². The van der Waals surface area contributed by atoms with Gasteiger partial charge < -0.3 is 9.84 Å². The van der Waals surface area contributed by atoms with Crippen LogP contribution in [-0.2, 0) is 0 Å². The van der Waals surface area contributed by atoms with Gasteiger partial charge in [-0.15, -0.1) is 0 Å². The number of fused-ring (bicyclic) bond motifs is 2. The first-order valence-electron chi connectivity index (χ1n) is 7.64. The molecular weight excluding hydrogens is 271 g/mol. The molecule has 0 radical (unpaired) electrons. The van der Waals surface area contributed by atoms with Gasteiger partial charge in [-0.3, -0.25) is 0 Å².